The molecule has 4 N–H and O–H groups in total. The molecule has 2 amide bonds. The van der Waals surface area contributed by atoms with Crippen molar-refractivity contribution in [2.24, 2.45) is 0 Å². The molecule has 0 radical (unpaired) electrons. The molecule has 0 fully saturated rings. The first-order chi connectivity index (χ1) is 15.0. The molecule has 11 heteroatoms. The van der Waals surface area contributed by atoms with Crippen LogP contribution in [0, 0.1) is 6.92 Å². The van der Waals surface area contributed by atoms with Crippen LogP contribution in [0.2, 0.25) is 0 Å². The Morgan fingerprint density at radius 2 is 1.84 bits per heavy atom. The van der Waals surface area contributed by atoms with Crippen molar-refractivity contribution in [3.63, 3.8) is 0 Å². The highest BCUT2D eigenvalue weighted by Crippen LogP contribution is 2.19. The van der Waals surface area contributed by atoms with Gasteiger partial charge in [-0.05, 0) is 36.8 Å². The maximum atomic E-state index is 12.3. The minimum Gasteiger partial charge on any atom is -0.435 e. The number of hydrogen-bond acceptors (Lipinski definition) is 7. The number of hydrogen-bond donors (Lipinski definition) is 4. The number of pyridine rings is 1. The number of benzene rings is 1. The Bertz CT molecular complexity index is 1020. The number of ether oxygens (including phenoxy) is 1. The second-order valence-corrected chi connectivity index (χ2v) is 6.35. The fraction of sp³-hybridized carbons (Fsp3) is 0.200. The molecule has 3 aromatic rings. The number of urea groups is 1. The lowest BCUT2D eigenvalue weighted by atomic mass is 10.3. The monoisotopic (exact) mass is 429 g/mol. The second kappa shape index (κ2) is 10.7. The van der Waals surface area contributed by atoms with E-state index in [0.717, 1.165) is 5.56 Å². The smallest absolute Gasteiger partial charge is 0.387 e. The van der Waals surface area contributed by atoms with Gasteiger partial charge in [0.2, 0.25) is 0 Å². The zero-order valence-electron chi connectivity index (χ0n) is 16.6. The fourth-order valence-electron chi connectivity index (χ4n) is 2.55. The molecule has 0 spiro atoms. The van der Waals surface area contributed by atoms with Crippen LogP contribution in [0.25, 0.3) is 0 Å². The molecule has 0 bridgehead atoms. The van der Waals surface area contributed by atoms with Gasteiger partial charge in [-0.1, -0.05) is 6.07 Å². The van der Waals surface area contributed by atoms with Crippen molar-refractivity contribution in [2.45, 2.75) is 13.5 Å². The molecular weight excluding hydrogens is 408 g/mol. The van der Waals surface area contributed by atoms with Gasteiger partial charge in [-0.25, -0.2) is 19.7 Å². The van der Waals surface area contributed by atoms with E-state index in [1.807, 2.05) is 19.1 Å². The van der Waals surface area contributed by atoms with Crippen molar-refractivity contribution >= 4 is 29.2 Å². The number of anilines is 4. The van der Waals surface area contributed by atoms with E-state index in [1.165, 1.54) is 24.5 Å². The largest absolute Gasteiger partial charge is 0.435 e. The van der Waals surface area contributed by atoms with Crippen LogP contribution in [0.5, 0.6) is 5.75 Å². The van der Waals surface area contributed by atoms with Crippen molar-refractivity contribution in [3.05, 3.63) is 60.6 Å². The number of amides is 2. The predicted octanol–water partition coefficient (Wildman–Crippen LogP) is 3.76. The number of aromatic nitrogens is 3. The quantitative estimate of drug-likeness (QED) is 0.383. The van der Waals surface area contributed by atoms with Gasteiger partial charge in [-0.15, -0.1) is 0 Å². The highest BCUT2D eigenvalue weighted by Gasteiger charge is 2.07. The van der Waals surface area contributed by atoms with Crippen LogP contribution < -0.4 is 26.0 Å². The zero-order valence-corrected chi connectivity index (χ0v) is 16.6. The van der Waals surface area contributed by atoms with Gasteiger partial charge in [0.05, 0.1) is 0 Å². The van der Waals surface area contributed by atoms with Gasteiger partial charge in [0.1, 0.15) is 29.5 Å². The first kappa shape index (κ1) is 21.7. The predicted molar refractivity (Wildman–Crippen MR) is 113 cm³/mol. The molecule has 0 atom stereocenters. The number of rotatable bonds is 9. The summed E-state index contributed by atoms with van der Waals surface area (Å²) in [5.74, 6) is 1.78. The van der Waals surface area contributed by atoms with Crippen molar-refractivity contribution in [2.75, 3.05) is 29.0 Å². The highest BCUT2D eigenvalue weighted by atomic mass is 19.3. The number of carbonyl (C=O) groups excluding carboxylic acids is 1. The van der Waals surface area contributed by atoms with Gasteiger partial charge >= 0.3 is 12.6 Å². The minimum absolute atomic E-state index is 0.0384. The summed E-state index contributed by atoms with van der Waals surface area (Å²) in [6.07, 6.45) is 3.12. The molecule has 31 heavy (non-hydrogen) atoms. The van der Waals surface area contributed by atoms with Crippen molar-refractivity contribution in [1.82, 2.24) is 20.3 Å². The lowest BCUT2D eigenvalue weighted by molar-refractivity contribution is -0.0497. The summed E-state index contributed by atoms with van der Waals surface area (Å²) in [5, 5.41) is 11.4. The molecule has 2 aromatic heterocycles. The van der Waals surface area contributed by atoms with Crippen molar-refractivity contribution in [3.8, 4) is 5.75 Å². The third kappa shape index (κ3) is 7.38. The van der Waals surface area contributed by atoms with Gasteiger partial charge in [-0.2, -0.15) is 8.78 Å². The van der Waals surface area contributed by atoms with Crippen LogP contribution >= 0.6 is 0 Å². The lowest BCUT2D eigenvalue weighted by Gasteiger charge is -2.11. The van der Waals surface area contributed by atoms with Gasteiger partial charge in [0.15, 0.2) is 0 Å². The maximum Gasteiger partial charge on any atom is 0.387 e. The number of alkyl halides is 2. The topological polar surface area (TPSA) is 113 Å². The number of aryl methyl sites for hydroxylation is 1. The van der Waals surface area contributed by atoms with E-state index in [0.29, 0.717) is 36.2 Å². The molecule has 3 rings (SSSR count). The Balaban J connectivity index is 1.43. The highest BCUT2D eigenvalue weighted by molar-refractivity contribution is 5.89. The van der Waals surface area contributed by atoms with Gasteiger partial charge in [-0.3, -0.25) is 0 Å². The lowest BCUT2D eigenvalue weighted by Crippen LogP contribution is -2.32. The Kier molecular flexibility index (Phi) is 7.46. The summed E-state index contributed by atoms with van der Waals surface area (Å²) in [6, 6.07) is 10.8. The van der Waals surface area contributed by atoms with Crippen LogP contribution in [-0.4, -0.2) is 40.7 Å². The Morgan fingerprint density at radius 1 is 1.03 bits per heavy atom. The van der Waals surface area contributed by atoms with E-state index in [1.54, 1.807) is 18.3 Å². The molecular formula is C20H21F2N7O2. The summed E-state index contributed by atoms with van der Waals surface area (Å²) < 4.78 is 28.8. The van der Waals surface area contributed by atoms with Crippen LogP contribution in [0.4, 0.5) is 36.7 Å². The molecule has 162 valence electrons. The van der Waals surface area contributed by atoms with Crippen molar-refractivity contribution in [1.29, 1.82) is 0 Å². The Hall–Kier alpha value is -4.02. The normalized spacial score (nSPS) is 10.5. The SMILES string of the molecule is Cc1ccnc(Nc2cc(NCCNC(=O)Nc3cccc(OC(F)F)c3)ncn2)c1. The molecule has 0 unspecified atom stereocenters. The van der Waals surface area contributed by atoms with Gasteiger partial charge in [0.25, 0.3) is 0 Å². The average Bonchev–Trinajstić information content (AvgIpc) is 2.71. The molecule has 0 aliphatic heterocycles. The van der Waals surface area contributed by atoms with E-state index in [2.05, 4.69) is 41.0 Å². The third-order valence-corrected chi connectivity index (χ3v) is 3.87. The van der Waals surface area contributed by atoms with Crippen LogP contribution in [0.15, 0.2) is 55.0 Å². The Labute approximate surface area is 177 Å². The minimum atomic E-state index is -2.93. The average molecular weight is 429 g/mol. The standard InChI is InChI=1S/C20H21F2N7O2/c1-13-5-6-23-17(9-13)29-18-11-16(26-12-27-18)24-7-8-25-20(30)28-14-3-2-4-15(10-14)31-19(21)22/h2-6,9-12,19H,7-8H2,1H3,(H2,25,28,30)(H2,23,24,26,27,29). The second-order valence-electron chi connectivity index (χ2n) is 6.35. The first-order valence-electron chi connectivity index (χ1n) is 9.33. The van der Waals surface area contributed by atoms with E-state index in [-0.39, 0.29) is 5.75 Å². The van der Waals surface area contributed by atoms with Gasteiger partial charge < -0.3 is 26.0 Å². The third-order valence-electron chi connectivity index (χ3n) is 3.87. The summed E-state index contributed by atoms with van der Waals surface area (Å²) in [5.41, 5.74) is 1.41. The number of carbonyl (C=O) groups is 1. The number of halogens is 2. The fourth-order valence-corrected chi connectivity index (χ4v) is 2.55. The van der Waals surface area contributed by atoms with E-state index < -0.39 is 12.6 Å². The maximum absolute atomic E-state index is 12.3. The zero-order chi connectivity index (χ0) is 22.1. The molecule has 9 nitrogen and oxygen atoms in total. The molecule has 2 heterocycles. The summed E-state index contributed by atoms with van der Waals surface area (Å²) in [4.78, 5) is 24.5. The van der Waals surface area contributed by atoms with E-state index in [9.17, 15) is 13.6 Å². The van der Waals surface area contributed by atoms with Gasteiger partial charge in [0, 0.05) is 37.1 Å². The first-order valence-corrected chi connectivity index (χ1v) is 9.33. The van der Waals surface area contributed by atoms with E-state index in [4.69, 9.17) is 0 Å². The Morgan fingerprint density at radius 3 is 2.65 bits per heavy atom. The van der Waals surface area contributed by atoms with Crippen LogP contribution in [-0.2, 0) is 0 Å². The van der Waals surface area contributed by atoms with E-state index >= 15 is 0 Å². The molecule has 0 saturated carbocycles. The molecule has 1 aromatic carbocycles. The molecule has 0 aliphatic carbocycles. The summed E-state index contributed by atoms with van der Waals surface area (Å²) >= 11 is 0. The summed E-state index contributed by atoms with van der Waals surface area (Å²) in [7, 11) is 0. The molecule has 0 aliphatic rings. The molecule has 0 saturated heterocycles. The van der Waals surface area contributed by atoms with Crippen LogP contribution in [0.1, 0.15) is 5.56 Å². The number of nitrogens with one attached hydrogen (secondary N) is 4. The summed E-state index contributed by atoms with van der Waals surface area (Å²) in [6.45, 7) is -0.260. The van der Waals surface area contributed by atoms with Crippen molar-refractivity contribution < 1.29 is 18.3 Å². The number of nitrogens with zero attached hydrogens (tertiary/aromatic N) is 3. The van der Waals surface area contributed by atoms with Crippen LogP contribution in [0.3, 0.4) is 0 Å².